The number of fused-ring (bicyclic) bond motifs is 1. The molecular formula is C25H32N2O3. The van der Waals surface area contributed by atoms with Crippen LogP contribution >= 0.6 is 0 Å². The van der Waals surface area contributed by atoms with E-state index in [9.17, 15) is 5.11 Å². The average molecular weight is 409 g/mol. The van der Waals surface area contributed by atoms with Gasteiger partial charge in [0.1, 0.15) is 18.1 Å². The number of aromatic hydroxyl groups is 1. The molecule has 0 saturated carbocycles. The largest absolute Gasteiger partial charge is 0.508 e. The maximum atomic E-state index is 9.94. The highest BCUT2D eigenvalue weighted by Crippen LogP contribution is 2.34. The Kier molecular flexibility index (Phi) is 6.60. The smallest absolute Gasteiger partial charge is 0.119 e. The van der Waals surface area contributed by atoms with Crippen molar-refractivity contribution >= 4 is 10.9 Å². The van der Waals surface area contributed by atoms with Crippen LogP contribution in [0.5, 0.6) is 11.5 Å². The van der Waals surface area contributed by atoms with Crippen molar-refractivity contribution < 1.29 is 14.6 Å². The maximum absolute atomic E-state index is 9.94. The number of rotatable bonds is 8. The normalized spacial score (nSPS) is 16.1. The summed E-state index contributed by atoms with van der Waals surface area (Å²) >= 11 is 0. The number of aromatic nitrogens is 1. The summed E-state index contributed by atoms with van der Waals surface area (Å²) in [5.41, 5.74) is 4.88. The van der Waals surface area contributed by atoms with E-state index >= 15 is 0 Å². The molecule has 0 bridgehead atoms. The number of nitrogens with zero attached hydrogens (tertiary/aromatic N) is 1. The van der Waals surface area contributed by atoms with E-state index in [4.69, 9.17) is 9.47 Å². The van der Waals surface area contributed by atoms with Crippen molar-refractivity contribution in [2.24, 2.45) is 0 Å². The maximum Gasteiger partial charge on any atom is 0.119 e. The predicted octanol–water partition coefficient (Wildman–Crippen LogP) is 4.69. The number of H-pyrrole nitrogens is 1. The highest BCUT2D eigenvalue weighted by atomic mass is 16.5. The topological polar surface area (TPSA) is 57.7 Å². The fourth-order valence-electron chi connectivity index (χ4n) is 4.28. The molecule has 0 amide bonds. The van der Waals surface area contributed by atoms with Crippen LogP contribution in [0.15, 0.2) is 42.5 Å². The molecule has 30 heavy (non-hydrogen) atoms. The lowest BCUT2D eigenvalue weighted by atomic mass is 9.93. The monoisotopic (exact) mass is 408 g/mol. The fourth-order valence-corrected chi connectivity index (χ4v) is 4.28. The summed E-state index contributed by atoms with van der Waals surface area (Å²) in [5.74, 6) is 1.47. The molecule has 160 valence electrons. The van der Waals surface area contributed by atoms with E-state index in [0.717, 1.165) is 62.3 Å². The Morgan fingerprint density at radius 2 is 1.90 bits per heavy atom. The van der Waals surface area contributed by atoms with Gasteiger partial charge in [-0.25, -0.2) is 0 Å². The Balaban J connectivity index is 1.45. The minimum atomic E-state index is 0.239. The summed E-state index contributed by atoms with van der Waals surface area (Å²) in [6, 6.07) is 14.0. The first-order valence-corrected chi connectivity index (χ1v) is 11.0. The number of aromatic amines is 1. The van der Waals surface area contributed by atoms with E-state index in [1.165, 1.54) is 16.8 Å². The number of phenolic OH excluding ortho intramolecular Hbond substituents is 1. The second-order valence-electron chi connectivity index (χ2n) is 8.09. The molecule has 1 fully saturated rings. The number of morpholine rings is 1. The minimum absolute atomic E-state index is 0.239. The number of ether oxygens (including phenoxy) is 2. The zero-order valence-corrected chi connectivity index (χ0v) is 18.0. The predicted molar refractivity (Wildman–Crippen MR) is 121 cm³/mol. The summed E-state index contributed by atoms with van der Waals surface area (Å²) in [5, 5.41) is 11.1. The first-order chi connectivity index (χ1) is 14.7. The molecule has 0 radical (unpaired) electrons. The molecule has 2 aromatic carbocycles. The fraction of sp³-hybridized carbons (Fsp3) is 0.440. The van der Waals surface area contributed by atoms with Crippen molar-refractivity contribution in [2.75, 3.05) is 39.5 Å². The van der Waals surface area contributed by atoms with Crippen LogP contribution in [-0.2, 0) is 11.2 Å². The van der Waals surface area contributed by atoms with Gasteiger partial charge in [-0.2, -0.15) is 0 Å². The van der Waals surface area contributed by atoms with Crippen molar-refractivity contribution in [1.82, 2.24) is 9.88 Å². The van der Waals surface area contributed by atoms with E-state index in [1.807, 2.05) is 12.1 Å². The van der Waals surface area contributed by atoms with Gasteiger partial charge < -0.3 is 19.6 Å². The molecule has 3 aromatic rings. The Bertz CT molecular complexity index is 958. The second-order valence-corrected chi connectivity index (χ2v) is 8.09. The lowest BCUT2D eigenvalue weighted by Crippen LogP contribution is -2.38. The molecular weight excluding hydrogens is 376 g/mol. The summed E-state index contributed by atoms with van der Waals surface area (Å²) in [6.07, 6.45) is 2.06. The Hall–Kier alpha value is -2.50. The van der Waals surface area contributed by atoms with Crippen LogP contribution in [0.3, 0.4) is 0 Å². The number of hydrogen-bond acceptors (Lipinski definition) is 4. The molecule has 1 aliphatic rings. The third-order valence-corrected chi connectivity index (χ3v) is 6.02. The van der Waals surface area contributed by atoms with Crippen LogP contribution < -0.4 is 4.74 Å². The van der Waals surface area contributed by atoms with Gasteiger partial charge in [-0.15, -0.1) is 0 Å². The minimum Gasteiger partial charge on any atom is -0.508 e. The molecule has 1 saturated heterocycles. The van der Waals surface area contributed by atoms with Gasteiger partial charge in [-0.05, 0) is 47.9 Å². The highest BCUT2D eigenvalue weighted by Gasteiger charge is 2.18. The molecule has 4 rings (SSSR count). The van der Waals surface area contributed by atoms with Crippen molar-refractivity contribution in [2.45, 2.75) is 32.6 Å². The number of hydrogen-bond donors (Lipinski definition) is 2. The Morgan fingerprint density at radius 1 is 1.13 bits per heavy atom. The van der Waals surface area contributed by atoms with Crippen molar-refractivity contribution in [1.29, 1.82) is 0 Å². The summed E-state index contributed by atoms with van der Waals surface area (Å²) < 4.78 is 11.3. The van der Waals surface area contributed by atoms with Gasteiger partial charge in [0.25, 0.3) is 0 Å². The third kappa shape index (κ3) is 4.63. The Labute approximate surface area is 178 Å². The number of nitrogens with one attached hydrogen (secondary N) is 1. The molecule has 5 heteroatoms. The van der Waals surface area contributed by atoms with Crippen molar-refractivity contribution in [3.05, 3.63) is 59.3 Å². The lowest BCUT2D eigenvalue weighted by Gasteiger charge is -2.26. The van der Waals surface area contributed by atoms with Crippen molar-refractivity contribution in [3.8, 4) is 11.5 Å². The molecule has 1 aromatic heterocycles. The van der Waals surface area contributed by atoms with Gasteiger partial charge in [-0.1, -0.05) is 32.4 Å². The van der Waals surface area contributed by atoms with E-state index in [2.05, 4.69) is 48.0 Å². The van der Waals surface area contributed by atoms with Gasteiger partial charge >= 0.3 is 0 Å². The number of aryl methyl sites for hydroxylation is 1. The summed E-state index contributed by atoms with van der Waals surface area (Å²) in [7, 11) is 0. The van der Waals surface area contributed by atoms with Crippen LogP contribution in [0.25, 0.3) is 10.9 Å². The standard InChI is InChI=1S/C25H32N2O3/c1-3-4-22-23-17-20(28)7-10-24(23)26-25(22)18(2)19-5-8-21(9-6-19)30-16-13-27-11-14-29-15-12-27/h5-10,17-18,26,28H,3-4,11-16H2,1-2H3. The molecule has 1 atom stereocenters. The zero-order valence-electron chi connectivity index (χ0n) is 18.0. The molecule has 0 spiro atoms. The van der Waals surface area contributed by atoms with Crippen LogP contribution in [0, 0.1) is 0 Å². The quantitative estimate of drug-likeness (QED) is 0.568. The first kappa shape index (κ1) is 20.8. The van der Waals surface area contributed by atoms with E-state index in [0.29, 0.717) is 12.4 Å². The molecule has 0 aliphatic carbocycles. The van der Waals surface area contributed by atoms with E-state index < -0.39 is 0 Å². The molecule has 1 aliphatic heterocycles. The van der Waals surface area contributed by atoms with Crippen molar-refractivity contribution in [3.63, 3.8) is 0 Å². The van der Waals surface area contributed by atoms with E-state index in [-0.39, 0.29) is 5.92 Å². The van der Waals surface area contributed by atoms with Gasteiger partial charge in [0, 0.05) is 42.1 Å². The Morgan fingerprint density at radius 3 is 2.63 bits per heavy atom. The zero-order chi connectivity index (χ0) is 20.9. The van der Waals surface area contributed by atoms with E-state index in [1.54, 1.807) is 6.07 Å². The third-order valence-electron chi connectivity index (χ3n) is 6.02. The van der Waals surface area contributed by atoms with Gasteiger partial charge in [0.05, 0.1) is 13.2 Å². The van der Waals surface area contributed by atoms with Gasteiger partial charge in [0.15, 0.2) is 0 Å². The van der Waals surface area contributed by atoms with Crippen LogP contribution in [0.2, 0.25) is 0 Å². The number of phenols is 1. The first-order valence-electron chi connectivity index (χ1n) is 11.0. The van der Waals surface area contributed by atoms with Gasteiger partial charge in [0.2, 0.25) is 0 Å². The number of benzene rings is 2. The lowest BCUT2D eigenvalue weighted by molar-refractivity contribution is 0.0322. The van der Waals surface area contributed by atoms with Crippen LogP contribution in [0.1, 0.15) is 43.0 Å². The molecule has 5 nitrogen and oxygen atoms in total. The summed E-state index contributed by atoms with van der Waals surface area (Å²) in [6.45, 7) is 9.67. The second kappa shape index (κ2) is 9.54. The molecule has 1 unspecified atom stereocenters. The highest BCUT2D eigenvalue weighted by molar-refractivity contribution is 5.86. The molecule has 2 heterocycles. The van der Waals surface area contributed by atoms with Crippen LogP contribution in [0.4, 0.5) is 0 Å². The average Bonchev–Trinajstić information content (AvgIpc) is 3.12. The summed E-state index contributed by atoms with van der Waals surface area (Å²) in [4.78, 5) is 5.98. The molecule has 2 N–H and O–H groups in total. The SMILES string of the molecule is CCCc1c(C(C)c2ccc(OCCN3CCOCC3)cc2)[nH]c2ccc(O)cc12. The van der Waals surface area contributed by atoms with Gasteiger partial charge in [-0.3, -0.25) is 4.90 Å². The van der Waals surface area contributed by atoms with Crippen LogP contribution in [-0.4, -0.2) is 54.4 Å².